The van der Waals surface area contributed by atoms with Gasteiger partial charge in [-0.25, -0.2) is 4.98 Å². The van der Waals surface area contributed by atoms with E-state index in [9.17, 15) is 4.79 Å². The third-order valence-corrected chi connectivity index (χ3v) is 4.48. The average Bonchev–Trinajstić information content (AvgIpc) is 2.56. The second-order valence-corrected chi connectivity index (χ2v) is 7.38. The fourth-order valence-corrected chi connectivity index (χ4v) is 2.75. The zero-order valence-corrected chi connectivity index (χ0v) is 13.5. The standard InChI is InChI=1S/C14H25N3OS/c1-8-13(19-10(3)16-8)9(2)17-12(18)7-11(15)14(4,5)6/h9,11H,7,15H2,1-6H3,(H,17,18). The molecule has 1 rings (SSSR count). The van der Waals surface area contributed by atoms with Gasteiger partial charge in [0.15, 0.2) is 0 Å². The number of hydrogen-bond donors (Lipinski definition) is 2. The number of rotatable bonds is 4. The smallest absolute Gasteiger partial charge is 0.222 e. The minimum absolute atomic E-state index is 0.000350. The van der Waals surface area contributed by atoms with Gasteiger partial charge in [-0.2, -0.15) is 0 Å². The summed E-state index contributed by atoms with van der Waals surface area (Å²) in [5.74, 6) is 0.000350. The number of carbonyl (C=O) groups is 1. The molecule has 1 aromatic heterocycles. The topological polar surface area (TPSA) is 68.0 Å². The van der Waals surface area contributed by atoms with E-state index in [2.05, 4.69) is 10.3 Å². The van der Waals surface area contributed by atoms with Crippen LogP contribution >= 0.6 is 11.3 Å². The van der Waals surface area contributed by atoms with E-state index >= 15 is 0 Å². The maximum Gasteiger partial charge on any atom is 0.222 e. The maximum absolute atomic E-state index is 12.0. The summed E-state index contributed by atoms with van der Waals surface area (Å²) in [5, 5.41) is 4.03. The van der Waals surface area contributed by atoms with E-state index in [1.165, 1.54) is 0 Å². The van der Waals surface area contributed by atoms with Gasteiger partial charge in [0, 0.05) is 17.3 Å². The molecule has 0 radical (unpaired) electrons. The molecule has 1 heterocycles. The molecule has 108 valence electrons. The molecule has 0 saturated carbocycles. The molecule has 0 aliphatic heterocycles. The molecule has 1 amide bonds. The van der Waals surface area contributed by atoms with Crippen molar-refractivity contribution < 1.29 is 4.79 Å². The summed E-state index contributed by atoms with van der Waals surface area (Å²) >= 11 is 1.63. The van der Waals surface area contributed by atoms with Crippen LogP contribution in [0.4, 0.5) is 0 Å². The van der Waals surface area contributed by atoms with E-state index in [1.807, 2.05) is 41.5 Å². The number of carbonyl (C=O) groups excluding carboxylic acids is 1. The van der Waals surface area contributed by atoms with Gasteiger partial charge in [-0.3, -0.25) is 4.79 Å². The molecule has 5 heteroatoms. The lowest BCUT2D eigenvalue weighted by Crippen LogP contribution is -2.40. The SMILES string of the molecule is Cc1nc(C)c(C(C)NC(=O)CC(N)C(C)(C)C)s1. The van der Waals surface area contributed by atoms with Crippen molar-refractivity contribution in [2.75, 3.05) is 0 Å². The third kappa shape index (κ3) is 4.58. The first-order valence-corrected chi connectivity index (χ1v) is 7.41. The first-order valence-electron chi connectivity index (χ1n) is 6.60. The van der Waals surface area contributed by atoms with Gasteiger partial charge in [-0.15, -0.1) is 11.3 Å². The number of thiazole rings is 1. The molecule has 1 aromatic rings. The number of aromatic nitrogens is 1. The monoisotopic (exact) mass is 283 g/mol. The van der Waals surface area contributed by atoms with E-state index in [0.29, 0.717) is 6.42 Å². The van der Waals surface area contributed by atoms with Crippen molar-refractivity contribution in [3.8, 4) is 0 Å². The third-order valence-electron chi connectivity index (χ3n) is 3.23. The highest BCUT2D eigenvalue weighted by molar-refractivity contribution is 7.11. The Balaban J connectivity index is 2.60. The highest BCUT2D eigenvalue weighted by Crippen LogP contribution is 2.25. The normalized spacial score (nSPS) is 15.1. The van der Waals surface area contributed by atoms with Gasteiger partial charge in [0.25, 0.3) is 0 Å². The molecule has 0 aliphatic rings. The minimum Gasteiger partial charge on any atom is -0.349 e. The van der Waals surface area contributed by atoms with Crippen LogP contribution < -0.4 is 11.1 Å². The summed E-state index contributed by atoms with van der Waals surface area (Å²) in [7, 11) is 0. The van der Waals surface area contributed by atoms with E-state index in [-0.39, 0.29) is 23.4 Å². The Labute approximate surface area is 119 Å². The summed E-state index contributed by atoms with van der Waals surface area (Å²) < 4.78 is 0. The molecule has 2 atom stereocenters. The summed E-state index contributed by atoms with van der Waals surface area (Å²) in [6.07, 6.45) is 0.352. The van der Waals surface area contributed by atoms with Crippen LogP contribution in [0.2, 0.25) is 0 Å². The van der Waals surface area contributed by atoms with Crippen molar-refractivity contribution in [3.63, 3.8) is 0 Å². The first-order chi connectivity index (χ1) is 8.61. The van der Waals surface area contributed by atoms with Crippen molar-refractivity contribution >= 4 is 17.2 Å². The molecule has 0 aromatic carbocycles. The lowest BCUT2D eigenvalue weighted by Gasteiger charge is -2.27. The Morgan fingerprint density at radius 3 is 2.42 bits per heavy atom. The van der Waals surface area contributed by atoms with Crippen LogP contribution in [-0.4, -0.2) is 16.9 Å². The molecule has 4 nitrogen and oxygen atoms in total. The Hall–Kier alpha value is -0.940. The van der Waals surface area contributed by atoms with E-state index in [0.717, 1.165) is 15.6 Å². The molecule has 0 aliphatic carbocycles. The molecular formula is C14H25N3OS. The predicted molar refractivity (Wildman–Crippen MR) is 80.2 cm³/mol. The second kappa shape index (κ2) is 6.01. The van der Waals surface area contributed by atoms with E-state index < -0.39 is 0 Å². The Kier molecular flexibility index (Phi) is 5.10. The van der Waals surface area contributed by atoms with Crippen LogP contribution in [0.25, 0.3) is 0 Å². The van der Waals surface area contributed by atoms with Crippen LogP contribution in [0, 0.1) is 19.3 Å². The van der Waals surface area contributed by atoms with Crippen molar-refractivity contribution in [2.45, 2.75) is 60.0 Å². The number of amides is 1. The van der Waals surface area contributed by atoms with Crippen LogP contribution in [0.3, 0.4) is 0 Å². The number of aryl methyl sites for hydroxylation is 2. The van der Waals surface area contributed by atoms with Crippen LogP contribution in [0.1, 0.15) is 55.7 Å². The zero-order valence-electron chi connectivity index (χ0n) is 12.7. The summed E-state index contributed by atoms with van der Waals surface area (Å²) in [6, 6.07) is -0.144. The summed E-state index contributed by atoms with van der Waals surface area (Å²) in [4.78, 5) is 17.5. The molecule has 0 bridgehead atoms. The lowest BCUT2D eigenvalue weighted by molar-refractivity contribution is -0.122. The zero-order chi connectivity index (χ0) is 14.8. The molecule has 0 saturated heterocycles. The summed E-state index contributed by atoms with van der Waals surface area (Å²) in [5.41, 5.74) is 6.97. The largest absolute Gasteiger partial charge is 0.349 e. The van der Waals surface area contributed by atoms with Crippen LogP contribution in [-0.2, 0) is 4.79 Å². The predicted octanol–water partition coefficient (Wildman–Crippen LogP) is 2.70. The Morgan fingerprint density at radius 1 is 1.42 bits per heavy atom. The number of hydrogen-bond acceptors (Lipinski definition) is 4. The number of nitrogens with two attached hydrogens (primary N) is 1. The van der Waals surface area contributed by atoms with Crippen molar-refractivity contribution in [1.82, 2.24) is 10.3 Å². The molecule has 0 spiro atoms. The van der Waals surface area contributed by atoms with Crippen LogP contribution in [0.5, 0.6) is 0 Å². The highest BCUT2D eigenvalue weighted by atomic mass is 32.1. The van der Waals surface area contributed by atoms with Gasteiger partial charge in [0.2, 0.25) is 5.91 Å². The Bertz CT molecular complexity index is 448. The van der Waals surface area contributed by atoms with E-state index in [1.54, 1.807) is 11.3 Å². The number of nitrogens with one attached hydrogen (secondary N) is 1. The average molecular weight is 283 g/mol. The van der Waals surface area contributed by atoms with Gasteiger partial charge in [-0.1, -0.05) is 20.8 Å². The highest BCUT2D eigenvalue weighted by Gasteiger charge is 2.24. The maximum atomic E-state index is 12.0. The second-order valence-electron chi connectivity index (χ2n) is 6.15. The molecular weight excluding hydrogens is 258 g/mol. The molecule has 2 unspecified atom stereocenters. The van der Waals surface area contributed by atoms with Crippen molar-refractivity contribution in [1.29, 1.82) is 0 Å². The lowest BCUT2D eigenvalue weighted by atomic mass is 9.85. The molecule has 0 fully saturated rings. The summed E-state index contributed by atoms with van der Waals surface area (Å²) in [6.45, 7) is 12.1. The van der Waals surface area contributed by atoms with Gasteiger partial charge in [0.05, 0.1) is 16.7 Å². The quantitative estimate of drug-likeness (QED) is 0.892. The fraction of sp³-hybridized carbons (Fsp3) is 0.714. The molecule has 3 N–H and O–H groups in total. The van der Waals surface area contributed by atoms with Crippen molar-refractivity contribution in [2.24, 2.45) is 11.1 Å². The van der Waals surface area contributed by atoms with Gasteiger partial charge < -0.3 is 11.1 Å². The van der Waals surface area contributed by atoms with E-state index in [4.69, 9.17) is 5.73 Å². The number of nitrogens with zero attached hydrogens (tertiary/aromatic N) is 1. The fourth-order valence-electron chi connectivity index (χ4n) is 1.82. The van der Waals surface area contributed by atoms with Gasteiger partial charge >= 0.3 is 0 Å². The van der Waals surface area contributed by atoms with Gasteiger partial charge in [-0.05, 0) is 26.2 Å². The van der Waals surface area contributed by atoms with Gasteiger partial charge in [0.1, 0.15) is 0 Å². The van der Waals surface area contributed by atoms with Crippen molar-refractivity contribution in [3.05, 3.63) is 15.6 Å². The first kappa shape index (κ1) is 16.1. The van der Waals surface area contributed by atoms with Crippen LogP contribution in [0.15, 0.2) is 0 Å². The molecule has 19 heavy (non-hydrogen) atoms. The Morgan fingerprint density at radius 2 is 2.00 bits per heavy atom. The minimum atomic E-state index is -0.135.